The third kappa shape index (κ3) is 1.05. The maximum Gasteiger partial charge on any atom is 0.250 e. The van der Waals surface area contributed by atoms with E-state index in [0.717, 1.165) is 11.3 Å². The van der Waals surface area contributed by atoms with Crippen LogP contribution in [0.5, 0.6) is 0 Å². The first kappa shape index (κ1) is 6.22. The van der Waals surface area contributed by atoms with Crippen LogP contribution in [0.4, 0.5) is 0 Å². The van der Waals surface area contributed by atoms with E-state index in [0.29, 0.717) is 6.42 Å². The van der Waals surface area contributed by atoms with Crippen molar-refractivity contribution < 1.29 is 4.79 Å². The lowest BCUT2D eigenvalue weighted by Crippen LogP contribution is -2.09. The molecule has 2 heterocycles. The first-order valence-corrected chi connectivity index (χ1v) is 3.37. The molecular formula is C8H6N2O. The van der Waals surface area contributed by atoms with Crippen LogP contribution in [0, 0.1) is 0 Å². The Morgan fingerprint density at radius 1 is 1.45 bits per heavy atom. The molecule has 1 aliphatic rings. The van der Waals surface area contributed by atoms with Gasteiger partial charge >= 0.3 is 0 Å². The lowest BCUT2D eigenvalue weighted by Gasteiger charge is -2.05. The summed E-state index contributed by atoms with van der Waals surface area (Å²) in [7, 11) is 0. The summed E-state index contributed by atoms with van der Waals surface area (Å²) in [5, 5.41) is 0. The van der Waals surface area contributed by atoms with Crippen molar-refractivity contribution in [1.29, 1.82) is 0 Å². The fraction of sp³-hybridized carbons (Fsp3) is 0.125. The number of hydrogen-bond donors (Lipinski definition) is 0. The van der Waals surface area contributed by atoms with Crippen LogP contribution in [0.25, 0.3) is 0 Å². The molecule has 0 spiro atoms. The van der Waals surface area contributed by atoms with E-state index < -0.39 is 0 Å². The van der Waals surface area contributed by atoms with E-state index in [2.05, 4.69) is 9.98 Å². The molecule has 0 aliphatic carbocycles. The summed E-state index contributed by atoms with van der Waals surface area (Å²) in [5.74, 6) is -0.0921. The largest absolute Gasteiger partial charge is 0.272 e. The van der Waals surface area contributed by atoms with Gasteiger partial charge in [0, 0.05) is 6.20 Å². The molecule has 3 heteroatoms. The molecule has 1 aliphatic heterocycles. The van der Waals surface area contributed by atoms with Gasteiger partial charge in [0.25, 0.3) is 0 Å². The topological polar surface area (TPSA) is 42.3 Å². The van der Waals surface area contributed by atoms with E-state index in [9.17, 15) is 4.79 Å². The average molecular weight is 146 g/mol. The molecule has 1 aromatic heterocycles. The molecule has 0 atom stereocenters. The standard InChI is InChI=1S/C8H6N2O/c11-8-4-6-2-1-3-9-7(6)5-10-8/h1-3,5H,4H2. The Kier molecular flexibility index (Phi) is 1.28. The van der Waals surface area contributed by atoms with E-state index >= 15 is 0 Å². The van der Waals surface area contributed by atoms with E-state index in [4.69, 9.17) is 0 Å². The second-order valence-corrected chi connectivity index (χ2v) is 2.38. The number of aromatic nitrogens is 1. The van der Waals surface area contributed by atoms with Gasteiger partial charge in [0.2, 0.25) is 5.91 Å². The van der Waals surface area contributed by atoms with Crippen LogP contribution in [0.2, 0.25) is 0 Å². The summed E-state index contributed by atoms with van der Waals surface area (Å²) in [5.41, 5.74) is 1.78. The Bertz CT molecular complexity index is 331. The van der Waals surface area contributed by atoms with Crippen LogP contribution < -0.4 is 0 Å². The average Bonchev–Trinajstić information content (AvgIpc) is 2.04. The Morgan fingerprint density at radius 3 is 3.27 bits per heavy atom. The van der Waals surface area contributed by atoms with Gasteiger partial charge in [0.05, 0.1) is 18.3 Å². The minimum atomic E-state index is -0.0921. The highest BCUT2D eigenvalue weighted by molar-refractivity contribution is 5.97. The Balaban J connectivity index is 2.54. The van der Waals surface area contributed by atoms with E-state index in [1.165, 1.54) is 6.21 Å². The normalized spacial score (nSPS) is 14.7. The molecule has 0 unspecified atom stereocenters. The number of hydrogen-bond acceptors (Lipinski definition) is 2. The molecule has 0 N–H and O–H groups in total. The lowest BCUT2D eigenvalue weighted by atomic mass is 10.1. The molecule has 54 valence electrons. The monoisotopic (exact) mass is 146 g/mol. The zero-order valence-electron chi connectivity index (χ0n) is 5.82. The van der Waals surface area contributed by atoms with Crippen molar-refractivity contribution in [2.24, 2.45) is 4.99 Å². The Labute approximate surface area is 63.8 Å². The van der Waals surface area contributed by atoms with Crippen molar-refractivity contribution in [2.45, 2.75) is 6.42 Å². The van der Waals surface area contributed by atoms with Crippen molar-refractivity contribution in [1.82, 2.24) is 4.98 Å². The number of carbonyl (C=O) groups is 1. The van der Waals surface area contributed by atoms with E-state index in [1.807, 2.05) is 12.1 Å². The summed E-state index contributed by atoms with van der Waals surface area (Å²) < 4.78 is 0. The highest BCUT2D eigenvalue weighted by atomic mass is 16.1. The molecule has 0 bridgehead atoms. The number of nitrogens with zero attached hydrogens (tertiary/aromatic N) is 2. The van der Waals surface area contributed by atoms with Crippen LogP contribution in [0.3, 0.4) is 0 Å². The highest BCUT2D eigenvalue weighted by Crippen LogP contribution is 2.08. The quantitative estimate of drug-likeness (QED) is 0.537. The van der Waals surface area contributed by atoms with E-state index in [-0.39, 0.29) is 5.91 Å². The minimum absolute atomic E-state index is 0.0921. The van der Waals surface area contributed by atoms with Crippen molar-refractivity contribution in [3.8, 4) is 0 Å². The SMILES string of the molecule is O=C1Cc2cccnc2C=N1. The molecule has 1 aromatic rings. The lowest BCUT2D eigenvalue weighted by molar-refractivity contribution is -0.117. The van der Waals surface area contributed by atoms with Crippen molar-refractivity contribution in [3.05, 3.63) is 29.6 Å². The maximum atomic E-state index is 10.8. The smallest absolute Gasteiger partial charge is 0.250 e. The molecule has 11 heavy (non-hydrogen) atoms. The van der Waals surface area contributed by atoms with Gasteiger partial charge in [-0.3, -0.25) is 9.78 Å². The van der Waals surface area contributed by atoms with Gasteiger partial charge < -0.3 is 0 Å². The third-order valence-electron chi connectivity index (χ3n) is 1.60. The fourth-order valence-electron chi connectivity index (χ4n) is 1.06. The Morgan fingerprint density at radius 2 is 2.36 bits per heavy atom. The number of fused-ring (bicyclic) bond motifs is 1. The molecule has 0 fully saturated rings. The molecule has 1 amide bonds. The molecular weight excluding hydrogens is 140 g/mol. The van der Waals surface area contributed by atoms with Gasteiger partial charge in [-0.25, -0.2) is 4.99 Å². The number of pyridine rings is 1. The zero-order valence-corrected chi connectivity index (χ0v) is 5.82. The van der Waals surface area contributed by atoms with Crippen molar-refractivity contribution >= 4 is 12.1 Å². The summed E-state index contributed by atoms with van der Waals surface area (Å²) in [6, 6.07) is 3.72. The van der Waals surface area contributed by atoms with Gasteiger partial charge in [-0.15, -0.1) is 0 Å². The fourth-order valence-corrected chi connectivity index (χ4v) is 1.06. The van der Waals surface area contributed by atoms with Crippen LogP contribution in [0.15, 0.2) is 23.3 Å². The third-order valence-corrected chi connectivity index (χ3v) is 1.60. The van der Waals surface area contributed by atoms with Crippen molar-refractivity contribution in [2.75, 3.05) is 0 Å². The maximum absolute atomic E-state index is 10.8. The van der Waals surface area contributed by atoms with Gasteiger partial charge in [-0.2, -0.15) is 0 Å². The van der Waals surface area contributed by atoms with E-state index in [1.54, 1.807) is 6.20 Å². The summed E-state index contributed by atoms with van der Waals surface area (Å²) >= 11 is 0. The number of amides is 1. The minimum Gasteiger partial charge on any atom is -0.272 e. The molecule has 0 radical (unpaired) electrons. The number of rotatable bonds is 0. The molecule has 0 saturated carbocycles. The van der Waals surface area contributed by atoms with Crippen LogP contribution in [0.1, 0.15) is 11.3 Å². The molecule has 3 nitrogen and oxygen atoms in total. The Hall–Kier alpha value is -1.51. The molecule has 0 aromatic carbocycles. The molecule has 0 saturated heterocycles. The van der Waals surface area contributed by atoms with Crippen LogP contribution in [-0.4, -0.2) is 17.1 Å². The summed E-state index contributed by atoms with van der Waals surface area (Å²) in [6.07, 6.45) is 3.60. The predicted molar refractivity (Wildman–Crippen MR) is 40.5 cm³/mol. The first-order chi connectivity index (χ1) is 5.36. The highest BCUT2D eigenvalue weighted by Gasteiger charge is 2.10. The van der Waals surface area contributed by atoms with Gasteiger partial charge in [0.1, 0.15) is 0 Å². The second-order valence-electron chi connectivity index (χ2n) is 2.38. The first-order valence-electron chi connectivity index (χ1n) is 3.37. The second kappa shape index (κ2) is 2.27. The zero-order chi connectivity index (χ0) is 7.68. The van der Waals surface area contributed by atoms with Gasteiger partial charge in [-0.05, 0) is 11.6 Å². The van der Waals surface area contributed by atoms with Crippen LogP contribution in [-0.2, 0) is 11.2 Å². The predicted octanol–water partition coefficient (Wildman–Crippen LogP) is 0.583. The van der Waals surface area contributed by atoms with Crippen molar-refractivity contribution in [3.63, 3.8) is 0 Å². The van der Waals surface area contributed by atoms with Crippen LogP contribution >= 0.6 is 0 Å². The molecule has 2 rings (SSSR count). The number of aliphatic imine (C=N–C) groups is 1. The van der Waals surface area contributed by atoms with Gasteiger partial charge in [-0.1, -0.05) is 6.07 Å². The summed E-state index contributed by atoms with van der Waals surface area (Å²) in [6.45, 7) is 0. The number of carbonyl (C=O) groups excluding carboxylic acids is 1. The van der Waals surface area contributed by atoms with Gasteiger partial charge in [0.15, 0.2) is 0 Å². The summed E-state index contributed by atoms with van der Waals surface area (Å²) in [4.78, 5) is 18.5.